The van der Waals surface area contributed by atoms with Gasteiger partial charge in [-0.1, -0.05) is 24.3 Å². The van der Waals surface area contributed by atoms with Gasteiger partial charge in [-0.25, -0.2) is 8.42 Å². The van der Waals surface area contributed by atoms with Crippen LogP contribution >= 0.6 is 11.3 Å². The zero-order valence-electron chi connectivity index (χ0n) is 14.5. The molecule has 2 heterocycles. The fourth-order valence-corrected chi connectivity index (χ4v) is 5.77. The molecule has 0 aliphatic carbocycles. The van der Waals surface area contributed by atoms with Crippen LogP contribution in [0, 0.1) is 0 Å². The Balaban J connectivity index is 1.70. The Hall–Kier alpha value is -2.11. The molecule has 1 aromatic carbocycles. The van der Waals surface area contributed by atoms with Crippen molar-refractivity contribution in [3.63, 3.8) is 0 Å². The van der Waals surface area contributed by atoms with E-state index in [9.17, 15) is 26.4 Å². The van der Waals surface area contributed by atoms with E-state index in [0.29, 0.717) is 12.8 Å². The van der Waals surface area contributed by atoms with Gasteiger partial charge in [-0.3, -0.25) is 4.79 Å². The number of thiophene rings is 1. The molecular weight excluding hydrogens is 417 g/mol. The van der Waals surface area contributed by atoms with Crippen molar-refractivity contribution in [2.45, 2.75) is 36.0 Å². The third-order valence-electron chi connectivity index (χ3n) is 4.22. The first kappa shape index (κ1) is 20.6. The van der Waals surface area contributed by atoms with Crippen LogP contribution in [0.25, 0.3) is 0 Å². The second-order valence-corrected chi connectivity index (χ2v) is 9.14. The highest BCUT2D eigenvalue weighted by atomic mass is 32.2. The molecule has 11 heteroatoms. The van der Waals surface area contributed by atoms with Crippen molar-refractivity contribution in [1.29, 1.82) is 0 Å². The van der Waals surface area contributed by atoms with Crippen LogP contribution in [0.4, 0.5) is 13.2 Å². The van der Waals surface area contributed by atoms with E-state index in [-0.39, 0.29) is 22.9 Å². The molecule has 2 aromatic rings. The quantitative estimate of drug-likeness (QED) is 0.758. The van der Waals surface area contributed by atoms with Crippen molar-refractivity contribution in [2.24, 2.45) is 0 Å². The van der Waals surface area contributed by atoms with E-state index in [0.717, 1.165) is 21.7 Å². The highest BCUT2D eigenvalue weighted by molar-refractivity contribution is 7.91. The smallest absolute Gasteiger partial charge is 0.405 e. The summed E-state index contributed by atoms with van der Waals surface area (Å²) in [6.45, 7) is 0.000564. The molecule has 0 spiro atoms. The first-order valence-electron chi connectivity index (χ1n) is 8.35. The molecule has 1 saturated heterocycles. The third-order valence-corrected chi connectivity index (χ3v) is 7.50. The molecule has 152 valence electrons. The lowest BCUT2D eigenvalue weighted by Gasteiger charge is -2.23. The van der Waals surface area contributed by atoms with Gasteiger partial charge in [-0.05, 0) is 30.4 Å². The van der Waals surface area contributed by atoms with Crippen molar-refractivity contribution in [3.8, 4) is 5.75 Å². The Labute approximate surface area is 164 Å². The van der Waals surface area contributed by atoms with Crippen molar-refractivity contribution in [1.82, 2.24) is 9.62 Å². The number of nitrogens with zero attached hydrogens (tertiary/aromatic N) is 1. The van der Waals surface area contributed by atoms with E-state index < -0.39 is 34.1 Å². The minimum absolute atomic E-state index is 0.138. The Kier molecular flexibility index (Phi) is 5.96. The van der Waals surface area contributed by atoms with Crippen LogP contribution < -0.4 is 10.1 Å². The standard InChI is InChI=1S/C17H17F3N2O4S2/c18-17(19,20)26-14-7-2-1-5-12(14)11-21-16(23)13-6-3-9-22(13)28(24,25)15-8-4-10-27-15/h1-2,4-5,7-8,10,13H,3,6,9,11H2,(H,21,23)/t13-/m0/s1. The SMILES string of the molecule is O=C(NCc1ccccc1OC(F)(F)F)[C@@H]1CCCN1S(=O)(=O)c1cccs1. The second kappa shape index (κ2) is 8.10. The lowest BCUT2D eigenvalue weighted by atomic mass is 10.2. The average Bonchev–Trinajstić information content (AvgIpc) is 3.31. The number of carbonyl (C=O) groups is 1. The summed E-state index contributed by atoms with van der Waals surface area (Å²) in [6.07, 6.45) is -3.98. The van der Waals surface area contributed by atoms with E-state index in [1.54, 1.807) is 11.4 Å². The molecule has 1 fully saturated rings. The van der Waals surface area contributed by atoms with Gasteiger partial charge >= 0.3 is 6.36 Å². The Morgan fingerprint density at radius 3 is 2.68 bits per heavy atom. The summed E-state index contributed by atoms with van der Waals surface area (Å²) in [7, 11) is -3.79. The van der Waals surface area contributed by atoms with Gasteiger partial charge < -0.3 is 10.1 Å². The molecule has 28 heavy (non-hydrogen) atoms. The van der Waals surface area contributed by atoms with Crippen molar-refractivity contribution in [3.05, 3.63) is 47.3 Å². The molecule has 1 aliphatic rings. The zero-order chi connectivity index (χ0) is 20.4. The molecule has 1 N–H and O–H groups in total. The van der Waals surface area contributed by atoms with E-state index in [4.69, 9.17) is 0 Å². The first-order valence-corrected chi connectivity index (χ1v) is 10.7. The van der Waals surface area contributed by atoms with Crippen LogP contribution in [0.2, 0.25) is 0 Å². The van der Waals surface area contributed by atoms with Crippen molar-refractivity contribution < 1.29 is 31.1 Å². The van der Waals surface area contributed by atoms with Gasteiger partial charge in [0.25, 0.3) is 10.0 Å². The normalized spacial score (nSPS) is 18.2. The first-order chi connectivity index (χ1) is 13.2. The van der Waals surface area contributed by atoms with E-state index >= 15 is 0 Å². The number of benzene rings is 1. The number of ether oxygens (including phenoxy) is 1. The number of sulfonamides is 1. The summed E-state index contributed by atoms with van der Waals surface area (Å²) in [4.78, 5) is 12.6. The summed E-state index contributed by atoms with van der Waals surface area (Å²) in [5, 5.41) is 4.16. The topological polar surface area (TPSA) is 75.7 Å². The van der Waals surface area contributed by atoms with Gasteiger partial charge in [0.2, 0.25) is 5.91 Å². The van der Waals surface area contributed by atoms with Crippen molar-refractivity contribution >= 4 is 27.3 Å². The summed E-state index contributed by atoms with van der Waals surface area (Å²) >= 11 is 1.06. The van der Waals surface area contributed by atoms with E-state index in [1.807, 2.05) is 0 Å². The molecule has 1 aliphatic heterocycles. The van der Waals surface area contributed by atoms with Gasteiger partial charge in [0.15, 0.2) is 0 Å². The van der Waals surface area contributed by atoms with E-state index in [1.165, 1.54) is 24.3 Å². The van der Waals surface area contributed by atoms with Gasteiger partial charge in [0.1, 0.15) is 16.0 Å². The Morgan fingerprint density at radius 1 is 1.25 bits per heavy atom. The molecule has 0 bridgehead atoms. The van der Waals surface area contributed by atoms with Crippen molar-refractivity contribution in [2.75, 3.05) is 6.54 Å². The number of rotatable bonds is 6. The summed E-state index contributed by atoms with van der Waals surface area (Å²) in [5.41, 5.74) is 0.138. The fourth-order valence-electron chi connectivity index (χ4n) is 2.99. The average molecular weight is 434 g/mol. The Morgan fingerprint density at radius 2 is 2.00 bits per heavy atom. The monoisotopic (exact) mass is 434 g/mol. The molecule has 0 saturated carbocycles. The molecule has 3 rings (SSSR count). The number of alkyl halides is 3. The number of nitrogens with one attached hydrogen (secondary N) is 1. The minimum atomic E-state index is -4.85. The van der Waals surface area contributed by atoms with Gasteiger partial charge in [-0.2, -0.15) is 4.31 Å². The summed E-state index contributed by atoms with van der Waals surface area (Å²) < 4.78 is 68.2. The largest absolute Gasteiger partial charge is 0.573 e. The molecule has 1 amide bonds. The molecule has 6 nitrogen and oxygen atoms in total. The summed E-state index contributed by atoms with van der Waals surface area (Å²) in [6, 6.07) is 7.64. The maximum Gasteiger partial charge on any atom is 0.573 e. The zero-order valence-corrected chi connectivity index (χ0v) is 16.1. The van der Waals surface area contributed by atoms with Crippen LogP contribution in [0.15, 0.2) is 46.0 Å². The summed E-state index contributed by atoms with van der Waals surface area (Å²) in [5.74, 6) is -0.968. The minimum Gasteiger partial charge on any atom is -0.405 e. The van der Waals surface area contributed by atoms with Crippen LogP contribution in [-0.2, 0) is 21.4 Å². The maximum absolute atomic E-state index is 12.7. The van der Waals surface area contributed by atoms with Crippen LogP contribution in [-0.4, -0.2) is 37.6 Å². The lowest BCUT2D eigenvalue weighted by molar-refractivity contribution is -0.274. The second-order valence-electron chi connectivity index (χ2n) is 6.08. The number of amides is 1. The highest BCUT2D eigenvalue weighted by Crippen LogP contribution is 2.29. The van der Waals surface area contributed by atoms with Crippen LogP contribution in [0.1, 0.15) is 18.4 Å². The number of hydrogen-bond acceptors (Lipinski definition) is 5. The molecular formula is C17H17F3N2O4S2. The number of halogens is 3. The fraction of sp³-hybridized carbons (Fsp3) is 0.353. The number of para-hydroxylation sites is 1. The molecule has 0 radical (unpaired) electrons. The molecule has 1 atom stereocenters. The van der Waals surface area contributed by atoms with Gasteiger partial charge in [0.05, 0.1) is 0 Å². The predicted molar refractivity (Wildman–Crippen MR) is 96.2 cm³/mol. The maximum atomic E-state index is 12.7. The Bertz CT molecular complexity index is 930. The lowest BCUT2D eigenvalue weighted by Crippen LogP contribution is -2.45. The number of hydrogen-bond donors (Lipinski definition) is 1. The van der Waals surface area contributed by atoms with Gasteiger partial charge in [-0.15, -0.1) is 24.5 Å². The van der Waals surface area contributed by atoms with Crippen LogP contribution in [0.5, 0.6) is 5.75 Å². The molecule has 1 aromatic heterocycles. The highest BCUT2D eigenvalue weighted by Gasteiger charge is 2.40. The van der Waals surface area contributed by atoms with E-state index in [2.05, 4.69) is 10.1 Å². The molecule has 0 unspecified atom stereocenters. The third kappa shape index (κ3) is 4.65. The number of carbonyl (C=O) groups excluding carboxylic acids is 1. The van der Waals surface area contributed by atoms with Crippen LogP contribution in [0.3, 0.4) is 0 Å². The predicted octanol–water partition coefficient (Wildman–Crippen LogP) is 3.12. The van der Waals surface area contributed by atoms with Gasteiger partial charge in [0, 0.05) is 18.7 Å².